The van der Waals surface area contributed by atoms with Crippen molar-refractivity contribution < 1.29 is 4.79 Å². The van der Waals surface area contributed by atoms with Gasteiger partial charge in [0.15, 0.2) is 0 Å². The molecule has 0 radical (unpaired) electrons. The maximum absolute atomic E-state index is 12.2. The van der Waals surface area contributed by atoms with E-state index in [0.717, 1.165) is 28.1 Å². The highest BCUT2D eigenvalue weighted by Gasteiger charge is 2.54. The van der Waals surface area contributed by atoms with E-state index in [0.29, 0.717) is 16.3 Å². The molecule has 4 rings (SSSR count). The molecular formula is C16H14BrClN2O. The van der Waals surface area contributed by atoms with Crippen LogP contribution in [0, 0.1) is 11.3 Å². The van der Waals surface area contributed by atoms with Gasteiger partial charge >= 0.3 is 0 Å². The van der Waals surface area contributed by atoms with Crippen molar-refractivity contribution in [3.8, 4) is 0 Å². The topological polar surface area (TPSA) is 42.0 Å². The zero-order valence-corrected chi connectivity index (χ0v) is 13.7. The molecule has 1 N–H and O–H groups in total. The molecular weight excluding hydrogens is 352 g/mol. The molecule has 21 heavy (non-hydrogen) atoms. The van der Waals surface area contributed by atoms with Crippen LogP contribution in [0.5, 0.6) is 0 Å². The van der Waals surface area contributed by atoms with E-state index >= 15 is 0 Å². The van der Waals surface area contributed by atoms with Crippen LogP contribution in [0.2, 0.25) is 5.02 Å². The van der Waals surface area contributed by atoms with Crippen molar-refractivity contribution in [2.24, 2.45) is 11.3 Å². The van der Waals surface area contributed by atoms with E-state index in [-0.39, 0.29) is 11.8 Å². The Morgan fingerprint density at radius 3 is 2.76 bits per heavy atom. The first kappa shape index (κ1) is 13.5. The molecule has 1 spiro atoms. The second kappa shape index (κ2) is 4.68. The zero-order valence-electron chi connectivity index (χ0n) is 11.3. The summed E-state index contributed by atoms with van der Waals surface area (Å²) in [6.45, 7) is 0. The molecule has 2 saturated carbocycles. The molecule has 1 aromatic heterocycles. The number of benzene rings is 1. The third kappa shape index (κ3) is 2.44. The van der Waals surface area contributed by atoms with E-state index in [1.165, 1.54) is 12.8 Å². The predicted octanol–water partition coefficient (Wildman–Crippen LogP) is 4.78. The number of carbonyl (C=O) groups excluding carboxylic acids is 1. The van der Waals surface area contributed by atoms with Crippen molar-refractivity contribution in [3.63, 3.8) is 0 Å². The van der Waals surface area contributed by atoms with E-state index < -0.39 is 0 Å². The second-order valence-corrected chi connectivity index (χ2v) is 7.54. The standard InChI is InChI=1S/C16H14BrClN2O/c17-12-3-9-5-14(19-8-10(9)4-13(12)18)20-15(21)11-6-16(7-11)1-2-16/h3-5,8,11H,1-2,6-7H2,(H,19,20,21). The number of aromatic nitrogens is 1. The number of anilines is 1. The third-order valence-electron chi connectivity index (χ3n) is 4.70. The molecule has 2 fully saturated rings. The van der Waals surface area contributed by atoms with Crippen molar-refractivity contribution >= 4 is 50.0 Å². The van der Waals surface area contributed by atoms with Crippen molar-refractivity contribution in [1.82, 2.24) is 4.98 Å². The summed E-state index contributed by atoms with van der Waals surface area (Å²) in [5, 5.41) is 5.56. The van der Waals surface area contributed by atoms with Crippen molar-refractivity contribution in [3.05, 3.63) is 33.9 Å². The highest BCUT2D eigenvalue weighted by atomic mass is 79.9. The van der Waals surface area contributed by atoms with Crippen LogP contribution in [-0.2, 0) is 4.79 Å². The van der Waals surface area contributed by atoms with E-state index in [1.807, 2.05) is 18.2 Å². The Hall–Kier alpha value is -1.13. The molecule has 108 valence electrons. The largest absolute Gasteiger partial charge is 0.310 e. The highest BCUT2D eigenvalue weighted by Crippen LogP contribution is 2.63. The van der Waals surface area contributed by atoms with Crippen LogP contribution in [0.4, 0.5) is 5.82 Å². The van der Waals surface area contributed by atoms with Gasteiger partial charge in [0.1, 0.15) is 5.82 Å². The molecule has 1 amide bonds. The van der Waals surface area contributed by atoms with Gasteiger partial charge in [0.05, 0.1) is 5.02 Å². The number of halogens is 2. The summed E-state index contributed by atoms with van der Waals surface area (Å²) in [6.07, 6.45) is 6.45. The Balaban J connectivity index is 1.53. The van der Waals surface area contributed by atoms with Gasteiger partial charge in [-0.25, -0.2) is 4.98 Å². The molecule has 1 aromatic carbocycles. The maximum atomic E-state index is 12.2. The molecule has 2 aliphatic rings. The predicted molar refractivity (Wildman–Crippen MR) is 87.5 cm³/mol. The smallest absolute Gasteiger partial charge is 0.228 e. The molecule has 0 saturated heterocycles. The fourth-order valence-corrected chi connectivity index (χ4v) is 3.72. The van der Waals surface area contributed by atoms with Gasteiger partial charge in [0, 0.05) is 22.0 Å². The average molecular weight is 366 g/mol. The number of hydrogen-bond donors (Lipinski definition) is 1. The highest BCUT2D eigenvalue weighted by molar-refractivity contribution is 9.10. The van der Waals surface area contributed by atoms with Gasteiger partial charge in [0.25, 0.3) is 0 Å². The summed E-state index contributed by atoms with van der Waals surface area (Å²) in [5.41, 5.74) is 0.542. The normalized spacial score (nSPS) is 19.5. The number of fused-ring (bicyclic) bond motifs is 1. The first-order chi connectivity index (χ1) is 10.0. The lowest BCUT2D eigenvalue weighted by molar-refractivity contribution is -0.124. The number of carbonyl (C=O) groups is 1. The van der Waals surface area contributed by atoms with Gasteiger partial charge in [0.2, 0.25) is 5.91 Å². The Morgan fingerprint density at radius 2 is 2.05 bits per heavy atom. The van der Waals surface area contributed by atoms with Gasteiger partial charge in [-0.15, -0.1) is 0 Å². The summed E-state index contributed by atoms with van der Waals surface area (Å²) in [7, 11) is 0. The first-order valence-corrected chi connectivity index (χ1v) is 8.27. The first-order valence-electron chi connectivity index (χ1n) is 7.10. The quantitative estimate of drug-likeness (QED) is 0.832. The monoisotopic (exact) mass is 364 g/mol. The Morgan fingerprint density at radius 1 is 1.29 bits per heavy atom. The van der Waals surface area contributed by atoms with Crippen LogP contribution in [0.1, 0.15) is 25.7 Å². The SMILES string of the molecule is O=C(Nc1cc2cc(Br)c(Cl)cc2cn1)C1CC2(CC2)C1. The van der Waals surface area contributed by atoms with E-state index in [2.05, 4.69) is 26.2 Å². The number of hydrogen-bond acceptors (Lipinski definition) is 2. The molecule has 0 aliphatic heterocycles. The minimum atomic E-state index is 0.104. The van der Waals surface area contributed by atoms with E-state index in [4.69, 9.17) is 11.6 Å². The molecule has 3 nitrogen and oxygen atoms in total. The molecule has 1 heterocycles. The van der Waals surface area contributed by atoms with Gasteiger partial charge < -0.3 is 5.32 Å². The Kier molecular flexibility index (Phi) is 3.02. The number of rotatable bonds is 2. The minimum Gasteiger partial charge on any atom is -0.310 e. The average Bonchev–Trinajstić information content (AvgIpc) is 3.19. The lowest BCUT2D eigenvalue weighted by Gasteiger charge is -2.34. The fraction of sp³-hybridized carbons (Fsp3) is 0.375. The third-order valence-corrected chi connectivity index (χ3v) is 5.90. The molecule has 2 aromatic rings. The zero-order chi connectivity index (χ0) is 14.6. The van der Waals surface area contributed by atoms with Crippen LogP contribution in [0.15, 0.2) is 28.9 Å². The van der Waals surface area contributed by atoms with Crippen LogP contribution in [-0.4, -0.2) is 10.9 Å². The van der Waals surface area contributed by atoms with Crippen molar-refractivity contribution in [2.75, 3.05) is 5.32 Å². The van der Waals surface area contributed by atoms with Gasteiger partial charge in [-0.3, -0.25) is 4.79 Å². The molecule has 0 bridgehead atoms. The van der Waals surface area contributed by atoms with Crippen LogP contribution in [0.3, 0.4) is 0 Å². The summed E-state index contributed by atoms with van der Waals surface area (Å²) in [5.74, 6) is 0.882. The van der Waals surface area contributed by atoms with Gasteiger partial charge in [-0.05, 0) is 70.6 Å². The second-order valence-electron chi connectivity index (χ2n) is 6.28. The Labute approximate surface area is 136 Å². The van der Waals surface area contributed by atoms with Crippen LogP contribution in [0.25, 0.3) is 10.8 Å². The summed E-state index contributed by atoms with van der Waals surface area (Å²) >= 11 is 9.48. The molecule has 5 heteroatoms. The van der Waals surface area contributed by atoms with E-state index in [1.54, 1.807) is 6.20 Å². The molecule has 0 unspecified atom stereocenters. The van der Waals surface area contributed by atoms with Crippen molar-refractivity contribution in [2.45, 2.75) is 25.7 Å². The van der Waals surface area contributed by atoms with Gasteiger partial charge in [-0.1, -0.05) is 11.6 Å². The van der Waals surface area contributed by atoms with Crippen molar-refractivity contribution in [1.29, 1.82) is 0 Å². The minimum absolute atomic E-state index is 0.104. The Bertz CT molecular complexity index is 749. The fourth-order valence-electron chi connectivity index (χ4n) is 3.19. The number of amides is 1. The summed E-state index contributed by atoms with van der Waals surface area (Å²) in [6, 6.07) is 5.69. The van der Waals surface area contributed by atoms with Crippen LogP contribution < -0.4 is 5.32 Å². The van der Waals surface area contributed by atoms with Crippen LogP contribution >= 0.6 is 27.5 Å². The lowest BCUT2D eigenvalue weighted by Crippen LogP contribution is -2.35. The van der Waals surface area contributed by atoms with E-state index in [9.17, 15) is 4.79 Å². The number of nitrogens with zero attached hydrogens (tertiary/aromatic N) is 1. The summed E-state index contributed by atoms with van der Waals surface area (Å²) < 4.78 is 0.842. The maximum Gasteiger partial charge on any atom is 0.228 e. The lowest BCUT2D eigenvalue weighted by atomic mass is 9.71. The number of nitrogens with one attached hydrogen (secondary N) is 1. The molecule has 0 atom stereocenters. The number of pyridine rings is 1. The summed E-state index contributed by atoms with van der Waals surface area (Å²) in [4.78, 5) is 16.5. The molecule has 2 aliphatic carbocycles. The van der Waals surface area contributed by atoms with Gasteiger partial charge in [-0.2, -0.15) is 0 Å².